The summed E-state index contributed by atoms with van der Waals surface area (Å²) < 4.78 is 24.1. The average molecular weight is 259 g/mol. The summed E-state index contributed by atoms with van der Waals surface area (Å²) in [5.74, 6) is 0.211. The zero-order valence-corrected chi connectivity index (χ0v) is 11.4. The Kier molecular flexibility index (Phi) is 2.88. The van der Waals surface area contributed by atoms with Gasteiger partial charge in [0, 0.05) is 10.4 Å². The second kappa shape index (κ2) is 3.82. The predicted molar refractivity (Wildman–Crippen MR) is 67.5 cm³/mol. The molecule has 0 aliphatic carbocycles. The molecule has 0 saturated carbocycles. The van der Waals surface area contributed by atoms with E-state index < -0.39 is 9.84 Å². The van der Waals surface area contributed by atoms with Crippen molar-refractivity contribution >= 4 is 21.2 Å². The summed E-state index contributed by atoms with van der Waals surface area (Å²) in [7, 11) is -3.00. The standard InChI is InChI=1S/C11H17NO2S2/c1-8-10(9-5-4-6-15-9)12-11(2,3)7-16(8,13)14/h4-6,8,10,12H,7H2,1-3H3. The number of hydrogen-bond acceptors (Lipinski definition) is 4. The Morgan fingerprint density at radius 1 is 1.50 bits per heavy atom. The molecule has 1 saturated heterocycles. The Balaban J connectivity index is 2.39. The molecule has 1 aliphatic heterocycles. The van der Waals surface area contributed by atoms with E-state index in [9.17, 15) is 8.42 Å². The summed E-state index contributed by atoms with van der Waals surface area (Å²) >= 11 is 1.61. The van der Waals surface area contributed by atoms with Gasteiger partial charge in [-0.25, -0.2) is 8.42 Å². The number of hydrogen-bond donors (Lipinski definition) is 1. The van der Waals surface area contributed by atoms with Gasteiger partial charge in [0.05, 0.1) is 17.0 Å². The molecule has 1 aromatic rings. The van der Waals surface area contributed by atoms with Crippen LogP contribution >= 0.6 is 11.3 Å². The smallest absolute Gasteiger partial charge is 0.156 e. The van der Waals surface area contributed by atoms with Crippen LogP contribution in [0.15, 0.2) is 17.5 Å². The van der Waals surface area contributed by atoms with Crippen LogP contribution < -0.4 is 5.32 Å². The van der Waals surface area contributed by atoms with Gasteiger partial charge in [0.2, 0.25) is 0 Å². The van der Waals surface area contributed by atoms with E-state index >= 15 is 0 Å². The van der Waals surface area contributed by atoms with E-state index in [-0.39, 0.29) is 22.6 Å². The third kappa shape index (κ3) is 2.17. The maximum Gasteiger partial charge on any atom is 0.156 e. The molecule has 90 valence electrons. The van der Waals surface area contributed by atoms with Crippen LogP contribution in [-0.2, 0) is 9.84 Å². The fraction of sp³-hybridized carbons (Fsp3) is 0.636. The van der Waals surface area contributed by atoms with Gasteiger partial charge in [-0.15, -0.1) is 11.3 Å². The van der Waals surface area contributed by atoms with E-state index in [1.54, 1.807) is 18.3 Å². The lowest BCUT2D eigenvalue weighted by molar-refractivity contribution is 0.337. The molecule has 1 fully saturated rings. The van der Waals surface area contributed by atoms with Crippen molar-refractivity contribution in [3.63, 3.8) is 0 Å². The van der Waals surface area contributed by atoms with Crippen molar-refractivity contribution < 1.29 is 8.42 Å². The minimum atomic E-state index is -3.00. The van der Waals surface area contributed by atoms with Crippen LogP contribution in [0.25, 0.3) is 0 Å². The van der Waals surface area contributed by atoms with Gasteiger partial charge >= 0.3 is 0 Å². The molecule has 2 heterocycles. The third-order valence-corrected chi connectivity index (χ3v) is 6.48. The third-order valence-electron chi connectivity index (χ3n) is 2.99. The maximum absolute atomic E-state index is 12.1. The van der Waals surface area contributed by atoms with Gasteiger partial charge < -0.3 is 5.32 Å². The largest absolute Gasteiger partial charge is 0.302 e. The first kappa shape index (κ1) is 12.1. The molecule has 5 heteroatoms. The number of sulfone groups is 1. The number of nitrogens with one attached hydrogen (secondary N) is 1. The number of thiophene rings is 1. The van der Waals surface area contributed by atoms with Crippen molar-refractivity contribution in [2.24, 2.45) is 0 Å². The summed E-state index contributed by atoms with van der Waals surface area (Å²) in [6.45, 7) is 5.68. The zero-order valence-electron chi connectivity index (χ0n) is 9.73. The van der Waals surface area contributed by atoms with Crippen molar-refractivity contribution in [3.05, 3.63) is 22.4 Å². The van der Waals surface area contributed by atoms with Crippen LogP contribution in [0.3, 0.4) is 0 Å². The van der Waals surface area contributed by atoms with Crippen molar-refractivity contribution in [2.75, 3.05) is 5.75 Å². The normalized spacial score (nSPS) is 32.4. The minimum absolute atomic E-state index is 0.0752. The molecular formula is C11H17NO2S2. The summed E-state index contributed by atoms with van der Waals surface area (Å²) in [6.07, 6.45) is 0. The summed E-state index contributed by atoms with van der Waals surface area (Å²) in [5.41, 5.74) is -0.347. The van der Waals surface area contributed by atoms with E-state index in [1.165, 1.54) is 0 Å². The van der Waals surface area contributed by atoms with Crippen molar-refractivity contribution in [3.8, 4) is 0 Å². The minimum Gasteiger partial charge on any atom is -0.302 e. The summed E-state index contributed by atoms with van der Waals surface area (Å²) in [6, 6.07) is 3.88. The van der Waals surface area contributed by atoms with E-state index in [0.29, 0.717) is 0 Å². The highest BCUT2D eigenvalue weighted by atomic mass is 32.2. The lowest BCUT2D eigenvalue weighted by Crippen LogP contribution is -2.57. The van der Waals surface area contributed by atoms with Gasteiger partial charge in [0.25, 0.3) is 0 Å². The highest BCUT2D eigenvalue weighted by molar-refractivity contribution is 7.92. The van der Waals surface area contributed by atoms with Gasteiger partial charge in [0.15, 0.2) is 9.84 Å². The second-order valence-electron chi connectivity index (χ2n) is 5.03. The quantitative estimate of drug-likeness (QED) is 0.839. The molecule has 0 amide bonds. The SMILES string of the molecule is CC1C(c2cccs2)NC(C)(C)CS1(=O)=O. The summed E-state index contributed by atoms with van der Waals surface area (Å²) in [4.78, 5) is 1.10. The first-order valence-corrected chi connectivity index (χ1v) is 7.94. The molecule has 0 radical (unpaired) electrons. The van der Waals surface area contributed by atoms with Crippen LogP contribution in [-0.4, -0.2) is 25.0 Å². The van der Waals surface area contributed by atoms with Gasteiger partial charge in [0.1, 0.15) is 0 Å². The Bertz CT molecular complexity index is 462. The lowest BCUT2D eigenvalue weighted by atomic mass is 10.0. The molecular weight excluding hydrogens is 242 g/mol. The molecule has 1 aromatic heterocycles. The van der Waals surface area contributed by atoms with Crippen LogP contribution in [0.4, 0.5) is 0 Å². The topological polar surface area (TPSA) is 46.2 Å². The molecule has 2 unspecified atom stereocenters. The number of rotatable bonds is 1. The average Bonchev–Trinajstić information content (AvgIpc) is 2.62. The van der Waals surface area contributed by atoms with Crippen LogP contribution in [0, 0.1) is 0 Å². The Labute approximate surface area is 101 Å². The van der Waals surface area contributed by atoms with E-state index in [0.717, 1.165) is 4.88 Å². The molecule has 2 rings (SSSR count). The van der Waals surface area contributed by atoms with Gasteiger partial charge in [-0.2, -0.15) is 0 Å². The molecule has 0 bridgehead atoms. The monoisotopic (exact) mass is 259 g/mol. The van der Waals surface area contributed by atoms with Gasteiger partial charge in [-0.1, -0.05) is 6.07 Å². The molecule has 1 aliphatic rings. The Morgan fingerprint density at radius 2 is 2.19 bits per heavy atom. The van der Waals surface area contributed by atoms with Crippen LogP contribution in [0.1, 0.15) is 31.7 Å². The Morgan fingerprint density at radius 3 is 2.75 bits per heavy atom. The molecule has 1 N–H and O–H groups in total. The molecule has 16 heavy (non-hydrogen) atoms. The fourth-order valence-electron chi connectivity index (χ4n) is 2.19. The van der Waals surface area contributed by atoms with Crippen molar-refractivity contribution in [2.45, 2.75) is 37.6 Å². The molecule has 3 nitrogen and oxygen atoms in total. The molecule has 2 atom stereocenters. The van der Waals surface area contributed by atoms with E-state index in [4.69, 9.17) is 0 Å². The Hall–Kier alpha value is -0.390. The summed E-state index contributed by atoms with van der Waals surface area (Å²) in [5, 5.41) is 5.07. The van der Waals surface area contributed by atoms with Crippen molar-refractivity contribution in [1.82, 2.24) is 5.32 Å². The van der Waals surface area contributed by atoms with E-state index in [1.807, 2.05) is 31.4 Å². The second-order valence-corrected chi connectivity index (χ2v) is 8.37. The van der Waals surface area contributed by atoms with Crippen LogP contribution in [0.2, 0.25) is 0 Å². The van der Waals surface area contributed by atoms with Crippen LogP contribution in [0.5, 0.6) is 0 Å². The highest BCUT2D eigenvalue weighted by Crippen LogP contribution is 2.33. The van der Waals surface area contributed by atoms with Crippen molar-refractivity contribution in [1.29, 1.82) is 0 Å². The predicted octanol–water partition coefficient (Wildman–Crippen LogP) is 1.97. The van der Waals surface area contributed by atoms with Gasteiger partial charge in [-0.3, -0.25) is 0 Å². The molecule has 0 aromatic carbocycles. The van der Waals surface area contributed by atoms with Gasteiger partial charge in [-0.05, 0) is 32.2 Å². The van der Waals surface area contributed by atoms with E-state index in [2.05, 4.69) is 5.32 Å². The highest BCUT2D eigenvalue weighted by Gasteiger charge is 2.42. The fourth-order valence-corrected chi connectivity index (χ4v) is 5.14. The first-order chi connectivity index (χ1) is 7.32. The molecule has 0 spiro atoms. The first-order valence-electron chi connectivity index (χ1n) is 5.34. The maximum atomic E-state index is 12.1. The lowest BCUT2D eigenvalue weighted by Gasteiger charge is -2.40. The zero-order chi connectivity index (χ0) is 12.0.